The summed E-state index contributed by atoms with van der Waals surface area (Å²) in [6.45, 7) is 0.210. The fraction of sp³-hybridized carbons (Fsp3) is 0.333. The minimum Gasteiger partial charge on any atom is -0.389 e. The van der Waals surface area contributed by atoms with E-state index < -0.39 is 18.6 Å². The van der Waals surface area contributed by atoms with Gasteiger partial charge in [0.25, 0.3) is 5.91 Å². The van der Waals surface area contributed by atoms with Gasteiger partial charge in [0.05, 0.1) is 0 Å². The molecule has 0 saturated carbocycles. The van der Waals surface area contributed by atoms with Crippen LogP contribution in [0.15, 0.2) is 24.3 Å². The Bertz CT molecular complexity index is 471. The van der Waals surface area contributed by atoms with Crippen LogP contribution in [0.3, 0.4) is 0 Å². The van der Waals surface area contributed by atoms with Crippen LogP contribution in [-0.2, 0) is 0 Å². The summed E-state index contributed by atoms with van der Waals surface area (Å²) in [5, 5.41) is 0. The molecule has 0 fully saturated rings. The first-order valence-electron chi connectivity index (χ1n) is 5.50. The van der Waals surface area contributed by atoms with Crippen molar-refractivity contribution >= 4 is 23.1 Å². The maximum absolute atomic E-state index is 12.3. The van der Waals surface area contributed by atoms with Crippen molar-refractivity contribution in [3.8, 4) is 0 Å². The van der Waals surface area contributed by atoms with Crippen molar-refractivity contribution in [2.24, 2.45) is 5.73 Å². The Morgan fingerprint density at radius 1 is 1.26 bits per heavy atom. The van der Waals surface area contributed by atoms with Crippen LogP contribution in [0.25, 0.3) is 0 Å². The first kappa shape index (κ1) is 15.4. The summed E-state index contributed by atoms with van der Waals surface area (Å²) in [7, 11) is 0. The van der Waals surface area contributed by atoms with Gasteiger partial charge in [0.15, 0.2) is 0 Å². The van der Waals surface area contributed by atoms with E-state index in [2.05, 4.69) is 0 Å². The molecule has 0 radical (unpaired) electrons. The van der Waals surface area contributed by atoms with Crippen molar-refractivity contribution in [2.75, 3.05) is 13.1 Å². The van der Waals surface area contributed by atoms with Gasteiger partial charge in [-0.15, -0.1) is 0 Å². The van der Waals surface area contributed by atoms with Crippen LogP contribution in [0.4, 0.5) is 13.2 Å². The molecule has 0 aliphatic rings. The van der Waals surface area contributed by atoms with E-state index in [1.54, 1.807) is 0 Å². The summed E-state index contributed by atoms with van der Waals surface area (Å²) >= 11 is 4.75. The van der Waals surface area contributed by atoms with E-state index >= 15 is 0 Å². The molecule has 0 unspecified atom stereocenters. The second-order valence-electron chi connectivity index (χ2n) is 3.88. The minimum atomic E-state index is -4.41. The maximum Gasteiger partial charge on any atom is 0.406 e. The molecule has 3 nitrogen and oxygen atoms in total. The molecular formula is C12H13F3N2OS. The number of carbonyl (C=O) groups is 1. The molecule has 0 aromatic heterocycles. The molecule has 7 heteroatoms. The van der Waals surface area contributed by atoms with Gasteiger partial charge in [-0.2, -0.15) is 13.2 Å². The number of rotatable bonds is 4. The van der Waals surface area contributed by atoms with Crippen molar-refractivity contribution in [3.05, 3.63) is 35.4 Å². The average Bonchev–Trinajstić information content (AvgIpc) is 2.34. The average molecular weight is 290 g/mol. The molecule has 2 N–H and O–H groups in total. The molecule has 0 bridgehead atoms. The lowest BCUT2D eigenvalue weighted by Crippen LogP contribution is -2.38. The number of benzene rings is 1. The van der Waals surface area contributed by atoms with E-state index in [4.69, 9.17) is 18.0 Å². The summed E-state index contributed by atoms with van der Waals surface area (Å²) in [6.07, 6.45) is -4.41. The zero-order valence-electron chi connectivity index (χ0n) is 10.2. The Labute approximate surface area is 114 Å². The Kier molecular flexibility index (Phi) is 4.88. The largest absolute Gasteiger partial charge is 0.406 e. The lowest BCUT2D eigenvalue weighted by Gasteiger charge is -2.22. The summed E-state index contributed by atoms with van der Waals surface area (Å²) < 4.78 is 36.9. The molecule has 1 amide bonds. The molecule has 104 valence electrons. The second kappa shape index (κ2) is 6.01. The van der Waals surface area contributed by atoms with Crippen LogP contribution in [-0.4, -0.2) is 35.1 Å². The number of alkyl halides is 3. The van der Waals surface area contributed by atoms with Gasteiger partial charge in [-0.3, -0.25) is 4.79 Å². The number of amides is 1. The number of nitrogens with two attached hydrogens (primary N) is 1. The molecule has 1 aromatic carbocycles. The fourth-order valence-electron chi connectivity index (χ4n) is 1.50. The molecule has 19 heavy (non-hydrogen) atoms. The standard InChI is InChI=1S/C12H13F3N2OS/c1-2-17(7-12(13,14)15)11(18)9-5-3-8(4-6-9)10(16)19/h3-6H,2,7H2,1H3,(H2,16,19). The van der Waals surface area contributed by atoms with Gasteiger partial charge in [0.2, 0.25) is 0 Å². The van der Waals surface area contributed by atoms with E-state index in [0.29, 0.717) is 5.56 Å². The highest BCUT2D eigenvalue weighted by Crippen LogP contribution is 2.18. The Balaban J connectivity index is 2.88. The van der Waals surface area contributed by atoms with Crippen LogP contribution in [0.2, 0.25) is 0 Å². The summed E-state index contributed by atoms with van der Waals surface area (Å²) in [5.41, 5.74) is 6.13. The van der Waals surface area contributed by atoms with Crippen LogP contribution in [0.1, 0.15) is 22.8 Å². The maximum atomic E-state index is 12.3. The molecule has 0 heterocycles. The van der Waals surface area contributed by atoms with Gasteiger partial charge in [-0.05, 0) is 19.1 Å². The zero-order chi connectivity index (χ0) is 14.6. The third-order valence-corrected chi connectivity index (χ3v) is 2.69. The molecular weight excluding hydrogens is 277 g/mol. The van der Waals surface area contributed by atoms with E-state index in [-0.39, 0.29) is 17.1 Å². The highest BCUT2D eigenvalue weighted by molar-refractivity contribution is 7.80. The monoisotopic (exact) mass is 290 g/mol. The molecule has 0 atom stereocenters. The predicted molar refractivity (Wildman–Crippen MR) is 70.0 cm³/mol. The van der Waals surface area contributed by atoms with E-state index in [9.17, 15) is 18.0 Å². The third-order valence-electron chi connectivity index (χ3n) is 2.46. The quantitative estimate of drug-likeness (QED) is 0.866. The van der Waals surface area contributed by atoms with E-state index in [1.807, 2.05) is 0 Å². The normalized spacial score (nSPS) is 11.2. The Morgan fingerprint density at radius 3 is 2.11 bits per heavy atom. The smallest absolute Gasteiger partial charge is 0.389 e. The van der Waals surface area contributed by atoms with Gasteiger partial charge in [-0.1, -0.05) is 24.4 Å². The van der Waals surface area contributed by atoms with Gasteiger partial charge in [0.1, 0.15) is 11.5 Å². The highest BCUT2D eigenvalue weighted by atomic mass is 32.1. The first-order valence-corrected chi connectivity index (χ1v) is 5.91. The number of hydrogen-bond donors (Lipinski definition) is 1. The number of hydrogen-bond acceptors (Lipinski definition) is 2. The van der Waals surface area contributed by atoms with Gasteiger partial charge >= 0.3 is 6.18 Å². The van der Waals surface area contributed by atoms with Gasteiger partial charge in [0, 0.05) is 17.7 Å². The van der Waals surface area contributed by atoms with Crippen LogP contribution in [0.5, 0.6) is 0 Å². The molecule has 0 saturated heterocycles. The lowest BCUT2D eigenvalue weighted by molar-refractivity contribution is -0.140. The number of carbonyl (C=O) groups excluding carboxylic acids is 1. The van der Waals surface area contributed by atoms with Crippen LogP contribution < -0.4 is 5.73 Å². The Morgan fingerprint density at radius 2 is 1.74 bits per heavy atom. The van der Waals surface area contributed by atoms with Crippen molar-refractivity contribution in [1.82, 2.24) is 4.90 Å². The summed E-state index contributed by atoms with van der Waals surface area (Å²) in [6, 6.07) is 5.85. The minimum absolute atomic E-state index is 0.0185. The van der Waals surface area contributed by atoms with Crippen molar-refractivity contribution in [2.45, 2.75) is 13.1 Å². The highest BCUT2D eigenvalue weighted by Gasteiger charge is 2.32. The molecule has 0 aliphatic heterocycles. The third kappa shape index (κ3) is 4.51. The van der Waals surface area contributed by atoms with Gasteiger partial charge in [-0.25, -0.2) is 0 Å². The number of thiocarbonyl (C=S) groups is 1. The predicted octanol–water partition coefficient (Wildman–Crippen LogP) is 2.35. The van der Waals surface area contributed by atoms with E-state index in [0.717, 1.165) is 4.90 Å². The number of nitrogens with zero attached hydrogens (tertiary/aromatic N) is 1. The molecule has 0 spiro atoms. The van der Waals surface area contributed by atoms with Crippen LogP contribution in [0, 0.1) is 0 Å². The number of halogens is 3. The van der Waals surface area contributed by atoms with Crippen molar-refractivity contribution in [1.29, 1.82) is 0 Å². The SMILES string of the molecule is CCN(CC(F)(F)F)C(=O)c1ccc(C(N)=S)cc1. The molecule has 1 rings (SSSR count). The van der Waals surface area contributed by atoms with Crippen LogP contribution >= 0.6 is 12.2 Å². The molecule has 0 aliphatic carbocycles. The second-order valence-corrected chi connectivity index (χ2v) is 4.32. The fourth-order valence-corrected chi connectivity index (χ4v) is 1.64. The van der Waals surface area contributed by atoms with Crippen molar-refractivity contribution < 1.29 is 18.0 Å². The van der Waals surface area contributed by atoms with Crippen molar-refractivity contribution in [3.63, 3.8) is 0 Å². The lowest BCUT2D eigenvalue weighted by atomic mass is 10.1. The first-order chi connectivity index (χ1) is 8.74. The Hall–Kier alpha value is -1.63. The van der Waals surface area contributed by atoms with Gasteiger partial charge < -0.3 is 10.6 Å². The zero-order valence-corrected chi connectivity index (χ0v) is 11.0. The molecule has 1 aromatic rings. The summed E-state index contributed by atoms with van der Waals surface area (Å²) in [5.74, 6) is -0.672. The van der Waals surface area contributed by atoms with E-state index in [1.165, 1.54) is 31.2 Å². The topological polar surface area (TPSA) is 46.3 Å². The summed E-state index contributed by atoms with van der Waals surface area (Å²) in [4.78, 5) is 12.8.